The lowest BCUT2D eigenvalue weighted by atomic mass is 9.94. The highest BCUT2D eigenvalue weighted by atomic mass is 32.2. The fourth-order valence-corrected chi connectivity index (χ4v) is 5.69. The van der Waals surface area contributed by atoms with Crippen LogP contribution in [0.1, 0.15) is 30.1 Å². The van der Waals surface area contributed by atoms with E-state index in [9.17, 15) is 23.7 Å². The number of aliphatic hydroxyl groups is 3. The average Bonchev–Trinajstić information content (AvgIpc) is 3.32. The number of aromatic nitrogens is 1. The van der Waals surface area contributed by atoms with Gasteiger partial charge in [0.1, 0.15) is 23.4 Å². The molecule has 0 fully saturated rings. The van der Waals surface area contributed by atoms with Gasteiger partial charge >= 0.3 is 0 Å². The molecule has 3 heterocycles. The molecule has 0 aromatic carbocycles. The molecule has 1 aliphatic heterocycles. The van der Waals surface area contributed by atoms with Crippen LogP contribution in [0.4, 0.5) is 0 Å². The van der Waals surface area contributed by atoms with Crippen molar-refractivity contribution in [1.82, 2.24) is 4.98 Å². The van der Waals surface area contributed by atoms with Gasteiger partial charge in [0.15, 0.2) is 9.84 Å². The third kappa shape index (κ3) is 5.50. The Morgan fingerprint density at radius 3 is 2.74 bits per heavy atom. The number of allylic oxidation sites excluding steroid dienone is 1. The molecule has 31 heavy (non-hydrogen) atoms. The van der Waals surface area contributed by atoms with Gasteiger partial charge in [0, 0.05) is 13.3 Å². The predicted octanol–water partition coefficient (Wildman–Crippen LogP) is 1.58. The summed E-state index contributed by atoms with van der Waals surface area (Å²) in [6.07, 6.45) is 3.00. The Kier molecular flexibility index (Phi) is 7.79. The lowest BCUT2D eigenvalue weighted by molar-refractivity contribution is 0.184. The molecule has 2 aromatic heterocycles. The molecule has 0 bridgehead atoms. The number of sulfone groups is 1. The summed E-state index contributed by atoms with van der Waals surface area (Å²) in [6, 6.07) is 8.88. The molecule has 168 valence electrons. The molecule has 2 atom stereocenters. The molecule has 9 heteroatoms. The van der Waals surface area contributed by atoms with Gasteiger partial charge in [-0.15, -0.1) is 0 Å². The second-order valence-electron chi connectivity index (χ2n) is 7.37. The van der Waals surface area contributed by atoms with E-state index in [-0.39, 0.29) is 25.4 Å². The summed E-state index contributed by atoms with van der Waals surface area (Å²) in [7, 11) is -2.11. The molecule has 0 unspecified atom stereocenters. The first-order valence-electron chi connectivity index (χ1n) is 9.92. The van der Waals surface area contributed by atoms with Crippen LogP contribution in [0.15, 0.2) is 52.1 Å². The first-order valence-corrected chi connectivity index (χ1v) is 11.6. The van der Waals surface area contributed by atoms with Crippen LogP contribution in [0.3, 0.4) is 0 Å². The van der Waals surface area contributed by atoms with E-state index in [0.717, 1.165) is 5.57 Å². The van der Waals surface area contributed by atoms with Gasteiger partial charge in [-0.2, -0.15) is 0 Å². The van der Waals surface area contributed by atoms with Crippen molar-refractivity contribution in [3.63, 3.8) is 0 Å². The van der Waals surface area contributed by atoms with Gasteiger partial charge in [0.05, 0.1) is 30.8 Å². The molecule has 0 aliphatic carbocycles. The van der Waals surface area contributed by atoms with Crippen molar-refractivity contribution in [2.75, 3.05) is 26.1 Å². The van der Waals surface area contributed by atoms with E-state index in [2.05, 4.69) is 4.98 Å². The minimum atomic E-state index is -3.57. The minimum Gasteiger partial charge on any atom is -0.459 e. The minimum absolute atomic E-state index is 0.0847. The van der Waals surface area contributed by atoms with Gasteiger partial charge in [-0.05, 0) is 59.9 Å². The Morgan fingerprint density at radius 1 is 1.32 bits per heavy atom. The highest BCUT2D eigenvalue weighted by molar-refractivity contribution is 7.92. The van der Waals surface area contributed by atoms with Gasteiger partial charge < -0.3 is 24.5 Å². The summed E-state index contributed by atoms with van der Waals surface area (Å²) in [5, 5.41) is 28.6. The molecule has 3 rings (SSSR count). The molecule has 0 saturated heterocycles. The number of hydrogen-bond donors (Lipinski definition) is 3. The van der Waals surface area contributed by atoms with E-state index >= 15 is 0 Å². The Balaban J connectivity index is 1.86. The number of aliphatic hydroxyl groups excluding tert-OH is 3. The van der Waals surface area contributed by atoms with Crippen LogP contribution in [-0.4, -0.2) is 66.2 Å². The zero-order valence-corrected chi connectivity index (χ0v) is 18.1. The molecule has 0 spiro atoms. The fourth-order valence-electron chi connectivity index (χ4n) is 3.81. The highest BCUT2D eigenvalue weighted by Crippen LogP contribution is 2.33. The van der Waals surface area contributed by atoms with Crippen LogP contribution < -0.4 is 0 Å². The summed E-state index contributed by atoms with van der Waals surface area (Å²) < 4.78 is 35.5. The molecule has 0 saturated carbocycles. The molecular formula is C22H27NO7S. The highest BCUT2D eigenvalue weighted by Gasteiger charge is 2.41. The van der Waals surface area contributed by atoms with Crippen molar-refractivity contribution in [1.29, 1.82) is 0 Å². The third-order valence-electron chi connectivity index (χ3n) is 5.24. The summed E-state index contributed by atoms with van der Waals surface area (Å²) in [5.74, 6) is 0.746. The topological polar surface area (TPSA) is 130 Å². The summed E-state index contributed by atoms with van der Waals surface area (Å²) in [4.78, 5) is 4.37. The number of methoxy groups -OCH3 is 1. The van der Waals surface area contributed by atoms with Crippen molar-refractivity contribution >= 4 is 21.5 Å². The molecule has 3 N–H and O–H groups in total. The van der Waals surface area contributed by atoms with Crippen molar-refractivity contribution in [3.05, 3.63) is 64.9 Å². The maximum Gasteiger partial charge on any atom is 0.163 e. The standard InChI is InChI=1S/C22H27NO7S/c1-29-13-16-14-31(27,28)21(12-25)22(16)20(26)8-5-15(19-4-2-3-9-23-19)10-17-6-7-18(11-24)30-17/h2-4,6-7,9-10,20-21,24-26H,5,8,11-14H2,1H3/b15-10-/t20-,21+/m1/s1. The van der Waals surface area contributed by atoms with Gasteiger partial charge in [-0.1, -0.05) is 6.07 Å². The molecule has 0 radical (unpaired) electrons. The first-order chi connectivity index (χ1) is 14.9. The normalized spacial score (nSPS) is 19.7. The molecule has 2 aromatic rings. The van der Waals surface area contributed by atoms with E-state index in [1.165, 1.54) is 7.11 Å². The second kappa shape index (κ2) is 10.3. The van der Waals surface area contributed by atoms with Crippen LogP contribution in [0.25, 0.3) is 11.6 Å². The number of furan rings is 1. The Morgan fingerprint density at radius 2 is 2.13 bits per heavy atom. The monoisotopic (exact) mass is 449 g/mol. The fraction of sp³-hybridized carbons (Fsp3) is 0.409. The molecule has 0 amide bonds. The first kappa shape index (κ1) is 23.4. The van der Waals surface area contributed by atoms with Gasteiger partial charge in [-0.3, -0.25) is 4.98 Å². The molecular weight excluding hydrogens is 422 g/mol. The van der Waals surface area contributed by atoms with E-state index < -0.39 is 27.8 Å². The van der Waals surface area contributed by atoms with Crippen LogP contribution >= 0.6 is 0 Å². The van der Waals surface area contributed by atoms with Gasteiger partial charge in [0.2, 0.25) is 0 Å². The lowest BCUT2D eigenvalue weighted by Gasteiger charge is -2.19. The smallest absolute Gasteiger partial charge is 0.163 e. The predicted molar refractivity (Wildman–Crippen MR) is 116 cm³/mol. The number of hydrogen-bond acceptors (Lipinski definition) is 8. The largest absolute Gasteiger partial charge is 0.459 e. The van der Waals surface area contributed by atoms with E-state index in [1.54, 1.807) is 30.5 Å². The zero-order chi connectivity index (χ0) is 22.4. The van der Waals surface area contributed by atoms with Crippen molar-refractivity contribution < 1.29 is 32.9 Å². The molecule has 8 nitrogen and oxygen atoms in total. The van der Waals surface area contributed by atoms with Gasteiger partial charge in [0.25, 0.3) is 0 Å². The Hall–Kier alpha value is -2.30. The second-order valence-corrected chi connectivity index (χ2v) is 9.55. The number of rotatable bonds is 10. The maximum atomic E-state index is 12.4. The zero-order valence-electron chi connectivity index (χ0n) is 17.3. The third-order valence-corrected chi connectivity index (χ3v) is 7.26. The molecule has 1 aliphatic rings. The van der Waals surface area contributed by atoms with E-state index in [0.29, 0.717) is 34.8 Å². The number of nitrogens with zero attached hydrogens (tertiary/aromatic N) is 1. The van der Waals surface area contributed by atoms with Crippen molar-refractivity contribution in [3.8, 4) is 0 Å². The number of ether oxygens (including phenoxy) is 1. The SMILES string of the molecule is COCC1=C([C@H](O)CC/C(=C/c2ccc(CO)o2)c2ccccn2)[C@H](CO)S(=O)(=O)C1. The quantitative estimate of drug-likeness (QED) is 0.466. The summed E-state index contributed by atoms with van der Waals surface area (Å²) in [5.41, 5.74) is 2.30. The van der Waals surface area contributed by atoms with Crippen LogP contribution in [0.5, 0.6) is 0 Å². The Labute approximate surface area is 181 Å². The van der Waals surface area contributed by atoms with Crippen LogP contribution in [-0.2, 0) is 21.2 Å². The van der Waals surface area contributed by atoms with Crippen molar-refractivity contribution in [2.24, 2.45) is 0 Å². The maximum absolute atomic E-state index is 12.4. The van der Waals surface area contributed by atoms with E-state index in [1.807, 2.05) is 12.1 Å². The van der Waals surface area contributed by atoms with Crippen LogP contribution in [0, 0.1) is 0 Å². The van der Waals surface area contributed by atoms with Gasteiger partial charge in [-0.25, -0.2) is 8.42 Å². The van der Waals surface area contributed by atoms with Crippen LogP contribution in [0.2, 0.25) is 0 Å². The average molecular weight is 450 g/mol. The Bertz CT molecular complexity index is 1040. The summed E-state index contributed by atoms with van der Waals surface area (Å²) in [6.45, 7) is -0.707. The summed E-state index contributed by atoms with van der Waals surface area (Å²) >= 11 is 0. The van der Waals surface area contributed by atoms with Crippen molar-refractivity contribution in [2.45, 2.75) is 30.8 Å². The number of pyridine rings is 1. The lowest BCUT2D eigenvalue weighted by Crippen LogP contribution is -2.29. The van der Waals surface area contributed by atoms with E-state index in [4.69, 9.17) is 9.15 Å².